The Morgan fingerprint density at radius 3 is 3.00 bits per heavy atom. The fraction of sp³-hybridized carbons (Fsp3) is 0.500. The van der Waals surface area contributed by atoms with Crippen LogP contribution < -0.4 is 5.32 Å². The van der Waals surface area contributed by atoms with E-state index in [1.54, 1.807) is 6.07 Å². The van der Waals surface area contributed by atoms with E-state index < -0.39 is 11.7 Å². The molecule has 1 unspecified atom stereocenters. The quantitative estimate of drug-likeness (QED) is 0.870. The molecule has 110 valence electrons. The molecule has 1 saturated heterocycles. The predicted molar refractivity (Wildman–Crippen MR) is 75.4 cm³/mol. The van der Waals surface area contributed by atoms with Crippen molar-refractivity contribution in [3.8, 4) is 0 Å². The number of amides is 1. The smallest absolute Gasteiger partial charge is 0.257 e. The molecule has 0 aliphatic carbocycles. The second-order valence-corrected chi connectivity index (χ2v) is 5.28. The second kappa shape index (κ2) is 7.02. The van der Waals surface area contributed by atoms with Crippen LogP contribution in [0.5, 0.6) is 0 Å². The number of halogens is 2. The van der Waals surface area contributed by atoms with Crippen molar-refractivity contribution in [3.05, 3.63) is 34.6 Å². The molecule has 20 heavy (non-hydrogen) atoms. The fourth-order valence-electron chi connectivity index (χ4n) is 2.41. The lowest BCUT2D eigenvalue weighted by molar-refractivity contribution is 0.0702. The molecule has 1 heterocycles. The largest absolute Gasteiger partial charge is 0.395 e. The number of carbonyl (C=O) groups excluding carboxylic acids is 1. The molecule has 0 saturated carbocycles. The molecule has 1 fully saturated rings. The van der Waals surface area contributed by atoms with E-state index >= 15 is 0 Å². The van der Waals surface area contributed by atoms with Crippen molar-refractivity contribution in [3.63, 3.8) is 0 Å². The van der Waals surface area contributed by atoms with E-state index in [2.05, 4.69) is 5.32 Å². The maximum atomic E-state index is 13.9. The van der Waals surface area contributed by atoms with Gasteiger partial charge in [-0.2, -0.15) is 0 Å². The molecule has 0 bridgehead atoms. The van der Waals surface area contributed by atoms with Gasteiger partial charge in [0.05, 0.1) is 17.2 Å². The second-order valence-electron chi connectivity index (χ2n) is 4.87. The van der Waals surface area contributed by atoms with Gasteiger partial charge in [0.15, 0.2) is 5.82 Å². The van der Waals surface area contributed by atoms with Crippen molar-refractivity contribution in [2.75, 3.05) is 26.2 Å². The zero-order valence-electron chi connectivity index (χ0n) is 11.1. The molecule has 0 aromatic heterocycles. The zero-order valence-corrected chi connectivity index (χ0v) is 11.9. The van der Waals surface area contributed by atoms with Crippen LogP contribution in [-0.4, -0.2) is 48.2 Å². The highest BCUT2D eigenvalue weighted by Crippen LogP contribution is 2.20. The zero-order chi connectivity index (χ0) is 14.5. The number of aliphatic hydroxyl groups is 1. The lowest BCUT2D eigenvalue weighted by atomic mass is 10.1. The van der Waals surface area contributed by atoms with Crippen LogP contribution in [0.1, 0.15) is 23.2 Å². The molecule has 1 aromatic rings. The van der Waals surface area contributed by atoms with Gasteiger partial charge in [0.2, 0.25) is 0 Å². The molecule has 1 amide bonds. The predicted octanol–water partition coefficient (Wildman–Crippen LogP) is 1.67. The van der Waals surface area contributed by atoms with Gasteiger partial charge < -0.3 is 15.3 Å². The highest BCUT2D eigenvalue weighted by atomic mass is 35.5. The number of hydrogen-bond donors (Lipinski definition) is 2. The van der Waals surface area contributed by atoms with Crippen molar-refractivity contribution in [1.29, 1.82) is 0 Å². The minimum atomic E-state index is -0.707. The maximum absolute atomic E-state index is 13.9. The molecule has 2 rings (SSSR count). The molecule has 2 N–H and O–H groups in total. The summed E-state index contributed by atoms with van der Waals surface area (Å²) >= 11 is 5.70. The van der Waals surface area contributed by atoms with Crippen LogP contribution in [0.3, 0.4) is 0 Å². The van der Waals surface area contributed by atoms with Crippen LogP contribution in [0.15, 0.2) is 18.2 Å². The van der Waals surface area contributed by atoms with Crippen LogP contribution in [0.25, 0.3) is 0 Å². The van der Waals surface area contributed by atoms with Gasteiger partial charge in [0.25, 0.3) is 5.91 Å². The minimum absolute atomic E-state index is 0.0519. The molecule has 0 radical (unpaired) electrons. The number of aliphatic hydroxyl groups excluding tert-OH is 1. The van der Waals surface area contributed by atoms with Gasteiger partial charge >= 0.3 is 0 Å². The molecule has 0 spiro atoms. The average molecular weight is 301 g/mol. The molecule has 1 atom stereocenters. The average Bonchev–Trinajstić information content (AvgIpc) is 2.94. The Morgan fingerprint density at radius 2 is 2.35 bits per heavy atom. The third-order valence-corrected chi connectivity index (χ3v) is 3.73. The first-order chi connectivity index (χ1) is 9.63. The summed E-state index contributed by atoms with van der Waals surface area (Å²) in [4.78, 5) is 13.9. The summed E-state index contributed by atoms with van der Waals surface area (Å²) in [5, 5.41) is 12.3. The van der Waals surface area contributed by atoms with Gasteiger partial charge in [-0.1, -0.05) is 17.7 Å². The summed E-state index contributed by atoms with van der Waals surface area (Å²) in [6.07, 6.45) is 2.05. The number of carbonyl (C=O) groups is 1. The summed E-state index contributed by atoms with van der Waals surface area (Å²) in [6, 6.07) is 4.56. The first-order valence-corrected chi connectivity index (χ1v) is 7.09. The third-order valence-electron chi connectivity index (χ3n) is 3.44. The molecular formula is C14H18ClFN2O2. The molecule has 1 aliphatic rings. The summed E-state index contributed by atoms with van der Waals surface area (Å²) in [6.45, 7) is 1.42. The van der Waals surface area contributed by atoms with E-state index in [9.17, 15) is 9.18 Å². The Kier molecular flexibility index (Phi) is 5.34. The lowest BCUT2D eigenvalue weighted by Crippen LogP contribution is -2.42. The van der Waals surface area contributed by atoms with E-state index in [1.165, 1.54) is 17.0 Å². The minimum Gasteiger partial charge on any atom is -0.395 e. The number of nitrogens with zero attached hydrogens (tertiary/aromatic N) is 1. The van der Waals surface area contributed by atoms with Gasteiger partial charge in [-0.25, -0.2) is 4.39 Å². The SMILES string of the molecule is O=C(c1cccc(Cl)c1F)N(CCO)CC1CCCN1. The van der Waals surface area contributed by atoms with Gasteiger partial charge in [-0.3, -0.25) is 4.79 Å². The number of nitrogens with one attached hydrogen (secondary N) is 1. The molecule has 4 nitrogen and oxygen atoms in total. The van der Waals surface area contributed by atoms with Gasteiger partial charge in [0, 0.05) is 19.1 Å². The Morgan fingerprint density at radius 1 is 1.55 bits per heavy atom. The third kappa shape index (κ3) is 3.48. The van der Waals surface area contributed by atoms with Crippen LogP contribution in [0.4, 0.5) is 4.39 Å². The highest BCUT2D eigenvalue weighted by molar-refractivity contribution is 6.31. The van der Waals surface area contributed by atoms with Crippen LogP contribution in [0, 0.1) is 5.82 Å². The highest BCUT2D eigenvalue weighted by Gasteiger charge is 2.24. The Hall–Kier alpha value is -1.17. The summed E-state index contributed by atoms with van der Waals surface area (Å²) in [5.74, 6) is -1.14. The van der Waals surface area contributed by atoms with Gasteiger partial charge in [0.1, 0.15) is 0 Å². The topological polar surface area (TPSA) is 52.6 Å². The molecule has 6 heteroatoms. The van der Waals surface area contributed by atoms with Gasteiger partial charge in [-0.05, 0) is 31.5 Å². The molecule has 1 aromatic carbocycles. The van der Waals surface area contributed by atoms with Crippen LogP contribution >= 0.6 is 11.6 Å². The first kappa shape index (κ1) is 15.2. The fourth-order valence-corrected chi connectivity index (χ4v) is 2.59. The Balaban J connectivity index is 2.14. The molecular weight excluding hydrogens is 283 g/mol. The van der Waals surface area contributed by atoms with Crippen LogP contribution in [-0.2, 0) is 0 Å². The van der Waals surface area contributed by atoms with E-state index in [4.69, 9.17) is 16.7 Å². The number of hydrogen-bond acceptors (Lipinski definition) is 3. The van der Waals surface area contributed by atoms with E-state index in [0.29, 0.717) is 6.54 Å². The van der Waals surface area contributed by atoms with E-state index in [-0.39, 0.29) is 29.8 Å². The molecule has 1 aliphatic heterocycles. The van der Waals surface area contributed by atoms with Crippen molar-refractivity contribution >= 4 is 17.5 Å². The lowest BCUT2D eigenvalue weighted by Gasteiger charge is -2.25. The van der Waals surface area contributed by atoms with Crippen LogP contribution in [0.2, 0.25) is 5.02 Å². The van der Waals surface area contributed by atoms with E-state index in [1.807, 2.05) is 0 Å². The Bertz CT molecular complexity index is 478. The summed E-state index contributed by atoms with van der Waals surface area (Å²) in [5.41, 5.74) is -0.0519. The summed E-state index contributed by atoms with van der Waals surface area (Å²) < 4.78 is 13.9. The monoisotopic (exact) mass is 300 g/mol. The van der Waals surface area contributed by atoms with E-state index in [0.717, 1.165) is 19.4 Å². The van der Waals surface area contributed by atoms with Crippen molar-refractivity contribution < 1.29 is 14.3 Å². The van der Waals surface area contributed by atoms with Gasteiger partial charge in [-0.15, -0.1) is 0 Å². The normalized spacial score (nSPS) is 18.2. The van der Waals surface area contributed by atoms with Crippen molar-refractivity contribution in [2.24, 2.45) is 0 Å². The number of benzene rings is 1. The number of rotatable bonds is 5. The first-order valence-electron chi connectivity index (χ1n) is 6.71. The summed E-state index contributed by atoms with van der Waals surface area (Å²) in [7, 11) is 0. The maximum Gasteiger partial charge on any atom is 0.257 e. The standard InChI is InChI=1S/C14H18ClFN2O2/c15-12-5-1-4-11(13(12)16)14(20)18(7-8-19)9-10-3-2-6-17-10/h1,4-5,10,17,19H,2-3,6-9H2. The van der Waals surface area contributed by atoms with Crippen molar-refractivity contribution in [2.45, 2.75) is 18.9 Å². The Labute approximate surface area is 122 Å². The van der Waals surface area contributed by atoms with Crippen molar-refractivity contribution in [1.82, 2.24) is 10.2 Å².